The largest absolute Gasteiger partial charge is 0.493 e. The van der Waals surface area contributed by atoms with E-state index >= 15 is 0 Å². The Balaban J connectivity index is 0.746. The molecule has 0 bridgehead atoms. The summed E-state index contributed by atoms with van der Waals surface area (Å²) in [4.78, 5) is 90.0. The van der Waals surface area contributed by atoms with Crippen molar-refractivity contribution in [1.82, 2.24) is 20.0 Å². The topological polar surface area (TPSA) is 209 Å². The van der Waals surface area contributed by atoms with E-state index < -0.39 is 48.1 Å². The highest BCUT2D eigenvalue weighted by atomic mass is 32.1. The predicted molar refractivity (Wildman–Crippen MR) is 356 cm³/mol. The summed E-state index contributed by atoms with van der Waals surface area (Å²) in [6, 6.07) is 30.3. The highest BCUT2D eigenvalue weighted by molar-refractivity contribution is 7.13. The van der Waals surface area contributed by atoms with Crippen LogP contribution in [0, 0.1) is 33.6 Å². The summed E-state index contributed by atoms with van der Waals surface area (Å²) in [7, 11) is 3.16. The normalized spacial score (nSPS) is 17.2. The number of benzene rings is 5. The van der Waals surface area contributed by atoms with Gasteiger partial charge in [-0.3, -0.25) is 24.0 Å². The molecule has 93 heavy (non-hydrogen) atoms. The van der Waals surface area contributed by atoms with E-state index in [4.69, 9.17) is 33.2 Å². The van der Waals surface area contributed by atoms with Crippen molar-refractivity contribution in [1.29, 1.82) is 0 Å². The number of aliphatic hydroxyl groups excluding tert-OH is 1. The van der Waals surface area contributed by atoms with Gasteiger partial charge in [0, 0.05) is 42.9 Å². The molecule has 4 heterocycles. The lowest BCUT2D eigenvalue weighted by molar-refractivity contribution is -0.162. The third-order valence-electron chi connectivity index (χ3n) is 18.0. The number of rotatable bonds is 31. The molecule has 0 aliphatic carbocycles. The van der Waals surface area contributed by atoms with Crippen molar-refractivity contribution in [2.45, 2.75) is 149 Å². The number of methoxy groups -OCH3 is 2. The molecule has 2 saturated heterocycles. The fourth-order valence-electron chi connectivity index (χ4n) is 12.9. The number of hydrogen-bond donors (Lipinski definition) is 2. The first-order chi connectivity index (χ1) is 44.9. The minimum absolute atomic E-state index is 0.0149. The summed E-state index contributed by atoms with van der Waals surface area (Å²) in [5, 5.41) is 15.6. The van der Waals surface area contributed by atoms with Gasteiger partial charge in [-0.15, -0.1) is 11.3 Å². The van der Waals surface area contributed by atoms with Gasteiger partial charge in [0.05, 0.1) is 52.1 Å². The fraction of sp³-hybridized carbons (Fsp3) is 0.459. The Morgan fingerprint density at radius 3 is 2.27 bits per heavy atom. The Hall–Kier alpha value is -8.10. The zero-order chi connectivity index (χ0) is 66.3. The van der Waals surface area contributed by atoms with Crippen LogP contribution in [0.3, 0.4) is 0 Å². The number of ether oxygens (including phenoxy) is 7. The van der Waals surface area contributed by atoms with Crippen LogP contribution in [0.1, 0.15) is 138 Å². The number of thiophene rings is 1. The highest BCUT2D eigenvalue weighted by Crippen LogP contribution is 2.39. The molecule has 0 radical (unpaired) electrons. The smallest absolute Gasteiger partial charge is 0.329 e. The summed E-state index contributed by atoms with van der Waals surface area (Å²) in [5.41, 5.74) is 10.1. The van der Waals surface area contributed by atoms with Gasteiger partial charge in [-0.2, -0.15) is 0 Å². The zero-order valence-electron chi connectivity index (χ0n) is 55.2. The van der Waals surface area contributed by atoms with Crippen LogP contribution in [0.15, 0.2) is 109 Å². The Kier molecular flexibility index (Phi) is 24.3. The van der Waals surface area contributed by atoms with E-state index in [0.717, 1.165) is 56.7 Å². The molecule has 19 heteroatoms. The van der Waals surface area contributed by atoms with Gasteiger partial charge in [0.25, 0.3) is 11.8 Å². The number of Topliss-reactive ketones (excluding diaryl/α,β-unsaturated/α-hetero) is 1. The SMILES string of the molecule is CC[C@H](C(=O)N1CCCC[C@H]1C(=O)O[C@H](CCc1ccc(C)c(C)c1)c1cccc(OCC(=O)NCOCCOCCOc2cc(-c3sccc3C)ccc2CCC(=O)[C@@H]2C[C@@H](O)CN2C(=O)[C@H](C(C)C)N2Cc3ccccc3C2=O)c1)c1cc(C)c(OC)c(OC)c1. The van der Waals surface area contributed by atoms with Gasteiger partial charge in [0.2, 0.25) is 11.8 Å². The molecule has 0 spiro atoms. The molecular weight excluding hydrogens is 1200 g/mol. The number of fused-ring (bicyclic) bond motifs is 1. The molecule has 3 aliphatic heterocycles. The number of aryl methyl sites for hydroxylation is 6. The van der Waals surface area contributed by atoms with Crippen molar-refractivity contribution < 1.29 is 67.0 Å². The van der Waals surface area contributed by atoms with Crippen LogP contribution in [-0.4, -0.2) is 146 Å². The molecule has 2 N–H and O–H groups in total. The van der Waals surface area contributed by atoms with Gasteiger partial charge >= 0.3 is 5.97 Å². The number of β-amino-alcohol motifs (C(OH)–C–C–N with tert-alkyl or cyclic N) is 1. The summed E-state index contributed by atoms with van der Waals surface area (Å²) >= 11 is 1.63. The quantitative estimate of drug-likeness (QED) is 0.0236. The van der Waals surface area contributed by atoms with Crippen LogP contribution in [0.25, 0.3) is 10.4 Å². The van der Waals surface area contributed by atoms with Gasteiger partial charge < -0.3 is 58.3 Å². The number of amides is 4. The number of nitrogens with zero attached hydrogens (tertiary/aromatic N) is 3. The molecule has 4 amide bonds. The predicted octanol–water partition coefficient (Wildman–Crippen LogP) is 11.2. The molecule has 0 saturated carbocycles. The molecule has 5 aromatic carbocycles. The Bertz CT molecular complexity index is 3600. The summed E-state index contributed by atoms with van der Waals surface area (Å²) < 4.78 is 41.6. The number of carbonyl (C=O) groups is 6. The number of nitrogens with one attached hydrogen (secondary N) is 1. The van der Waals surface area contributed by atoms with Gasteiger partial charge in [-0.1, -0.05) is 87.5 Å². The standard InChI is InChI=1S/C74H90N4O14S/c1-10-59(56-37-50(7)69(87-9)66(40-56)86-8)71(82)76-30-14-13-20-61(76)74(85)92-64(28-23-51-22-21-47(4)49(6)36-51)53-17-15-18-58(38-53)91-44-67(81)75-45-89-32-31-88-33-34-90-65-39-54(70-48(5)29-35-93-70)25-24-52(65)26-27-63(80)62-41-57(79)43-77(62)73(84)68(46(2)3)78-42-55-16-11-12-19-60(55)72(78)83/h11-12,15-19,21-22,24-25,29,35-40,46,57,59,61-62,64,68,79H,10,13-14,20,23,26-28,30-34,41-45H2,1-9H3,(H,75,81)/t57-,59+,61+,62+,64-,68+/m1/s1. The number of piperidine rings is 1. The molecule has 6 atom stereocenters. The lowest BCUT2D eigenvalue weighted by atomic mass is 9.91. The first-order valence-electron chi connectivity index (χ1n) is 32.5. The van der Waals surface area contributed by atoms with Crippen LogP contribution in [0.5, 0.6) is 23.0 Å². The van der Waals surface area contributed by atoms with E-state index in [0.29, 0.717) is 79.3 Å². The van der Waals surface area contributed by atoms with E-state index in [9.17, 15) is 33.9 Å². The van der Waals surface area contributed by atoms with Crippen molar-refractivity contribution in [2.24, 2.45) is 5.92 Å². The molecule has 9 rings (SSSR count). The van der Waals surface area contributed by atoms with Crippen molar-refractivity contribution >= 4 is 46.7 Å². The molecule has 3 aliphatic rings. The highest BCUT2D eigenvalue weighted by Gasteiger charge is 2.46. The van der Waals surface area contributed by atoms with E-state index in [1.807, 2.05) is 87.7 Å². The summed E-state index contributed by atoms with van der Waals surface area (Å²) in [6.07, 6.45) is 2.62. The van der Waals surface area contributed by atoms with Crippen molar-refractivity contribution in [3.63, 3.8) is 0 Å². The second-order valence-corrected chi connectivity index (χ2v) is 25.7. The Morgan fingerprint density at radius 1 is 0.731 bits per heavy atom. The Labute approximate surface area is 550 Å². The Morgan fingerprint density at radius 2 is 1.53 bits per heavy atom. The van der Waals surface area contributed by atoms with Crippen LogP contribution >= 0.6 is 11.3 Å². The first kappa shape index (κ1) is 69.2. The van der Waals surface area contributed by atoms with E-state index in [1.54, 1.807) is 59.6 Å². The second-order valence-electron chi connectivity index (χ2n) is 24.8. The zero-order valence-corrected chi connectivity index (χ0v) is 56.0. The molecule has 18 nitrogen and oxygen atoms in total. The third kappa shape index (κ3) is 17.2. The third-order valence-corrected chi connectivity index (χ3v) is 19.1. The van der Waals surface area contributed by atoms with E-state index in [1.165, 1.54) is 16.0 Å². The van der Waals surface area contributed by atoms with Crippen LogP contribution in [0.2, 0.25) is 0 Å². The van der Waals surface area contributed by atoms with E-state index in [-0.39, 0.29) is 88.6 Å². The number of ketones is 1. The molecule has 0 unspecified atom stereocenters. The minimum Gasteiger partial charge on any atom is -0.493 e. The molecule has 2 fully saturated rings. The fourth-order valence-corrected chi connectivity index (χ4v) is 13.9. The van der Waals surface area contributed by atoms with Gasteiger partial charge in [0.1, 0.15) is 43.0 Å². The summed E-state index contributed by atoms with van der Waals surface area (Å²) in [6.45, 7) is 15.1. The van der Waals surface area contributed by atoms with Crippen LogP contribution < -0.4 is 24.3 Å². The minimum atomic E-state index is -0.869. The monoisotopic (exact) mass is 1290 g/mol. The maximum atomic E-state index is 14.5. The van der Waals surface area contributed by atoms with E-state index in [2.05, 4.69) is 50.4 Å². The van der Waals surface area contributed by atoms with Crippen LogP contribution in [-0.2, 0) is 57.6 Å². The maximum Gasteiger partial charge on any atom is 0.329 e. The lowest BCUT2D eigenvalue weighted by Crippen LogP contribution is -2.54. The average molecular weight is 1290 g/mol. The van der Waals surface area contributed by atoms with Crippen molar-refractivity contribution in [3.8, 4) is 33.4 Å². The lowest BCUT2D eigenvalue weighted by Gasteiger charge is -2.37. The van der Waals surface area contributed by atoms with Crippen molar-refractivity contribution in [2.75, 3.05) is 67.1 Å². The maximum absolute atomic E-state index is 14.5. The number of carbonyl (C=O) groups excluding carboxylic acids is 6. The molecular formula is C74H90N4O14S. The van der Waals surface area contributed by atoms with Crippen molar-refractivity contribution in [3.05, 3.63) is 164 Å². The second kappa shape index (κ2) is 32.6. The van der Waals surface area contributed by atoms with Gasteiger partial charge in [0.15, 0.2) is 23.9 Å². The van der Waals surface area contributed by atoms with Crippen LogP contribution in [0.4, 0.5) is 0 Å². The van der Waals surface area contributed by atoms with Gasteiger partial charge in [-0.05, 0) is 176 Å². The molecule has 496 valence electrons. The average Bonchev–Trinajstić information content (AvgIpc) is 1.71. The molecule has 6 aromatic rings. The van der Waals surface area contributed by atoms with Gasteiger partial charge in [-0.25, -0.2) is 4.79 Å². The number of esters is 1. The number of aliphatic hydroxyl groups is 1. The number of hydrogen-bond acceptors (Lipinski definition) is 15. The number of likely N-dealkylation sites (tertiary alicyclic amines) is 2. The first-order valence-corrected chi connectivity index (χ1v) is 33.4. The molecule has 1 aromatic heterocycles. The summed E-state index contributed by atoms with van der Waals surface area (Å²) in [5.74, 6) is -0.303.